The van der Waals surface area contributed by atoms with Crippen LogP contribution in [0.1, 0.15) is 11.1 Å². The van der Waals surface area contributed by atoms with Crippen LogP contribution < -0.4 is 16.4 Å². The van der Waals surface area contributed by atoms with E-state index in [-0.39, 0.29) is 0 Å². The number of halogens is 1. The molecule has 0 aliphatic heterocycles. The molecule has 22 heavy (non-hydrogen) atoms. The van der Waals surface area contributed by atoms with Crippen LogP contribution in [0.25, 0.3) is 0 Å². The van der Waals surface area contributed by atoms with Crippen molar-refractivity contribution in [2.45, 2.75) is 13.8 Å². The number of aryl methyl sites for hydroxylation is 2. The van der Waals surface area contributed by atoms with E-state index in [1.165, 1.54) is 6.07 Å². The van der Waals surface area contributed by atoms with E-state index in [0.29, 0.717) is 22.1 Å². The van der Waals surface area contributed by atoms with Gasteiger partial charge in [-0.2, -0.15) is 0 Å². The average molecular weight is 318 g/mol. The maximum Gasteiger partial charge on any atom is 0.314 e. The quantitative estimate of drug-likeness (QED) is 0.587. The fourth-order valence-corrected chi connectivity index (χ4v) is 2.16. The lowest BCUT2D eigenvalue weighted by atomic mass is 10.1. The highest BCUT2D eigenvalue weighted by atomic mass is 35.5. The van der Waals surface area contributed by atoms with E-state index in [2.05, 4.69) is 10.6 Å². The fraction of sp³-hybridized carbons (Fsp3) is 0.125. The minimum Gasteiger partial charge on any atom is -0.398 e. The molecular weight excluding hydrogens is 302 g/mol. The van der Waals surface area contributed by atoms with Crippen LogP contribution in [0.3, 0.4) is 0 Å². The second kappa shape index (κ2) is 6.49. The molecule has 0 heterocycles. The van der Waals surface area contributed by atoms with Crippen LogP contribution in [0.15, 0.2) is 36.4 Å². The molecule has 0 radical (unpaired) electrons. The number of para-hydroxylation sites is 1. The molecule has 0 atom stereocenters. The molecule has 0 aliphatic rings. The second-order valence-electron chi connectivity index (χ2n) is 4.91. The van der Waals surface area contributed by atoms with Gasteiger partial charge in [0, 0.05) is 11.4 Å². The van der Waals surface area contributed by atoms with Gasteiger partial charge in [0.2, 0.25) is 0 Å². The molecule has 6 heteroatoms. The summed E-state index contributed by atoms with van der Waals surface area (Å²) in [7, 11) is 0. The van der Waals surface area contributed by atoms with E-state index in [9.17, 15) is 9.59 Å². The minimum absolute atomic E-state index is 0.313. The summed E-state index contributed by atoms with van der Waals surface area (Å²) in [6.45, 7) is 3.72. The molecule has 0 bridgehead atoms. The molecule has 0 saturated heterocycles. The number of rotatable bonds is 2. The number of nitrogen functional groups attached to an aromatic ring is 1. The molecule has 114 valence electrons. The van der Waals surface area contributed by atoms with Crippen LogP contribution in [0, 0.1) is 13.8 Å². The Bertz CT molecular complexity index is 724. The molecule has 2 rings (SSSR count). The molecule has 5 nitrogen and oxygen atoms in total. The van der Waals surface area contributed by atoms with Gasteiger partial charge in [0.15, 0.2) is 0 Å². The summed E-state index contributed by atoms with van der Waals surface area (Å²) in [6, 6.07) is 10.2. The monoisotopic (exact) mass is 317 g/mol. The van der Waals surface area contributed by atoms with E-state index >= 15 is 0 Å². The highest BCUT2D eigenvalue weighted by molar-refractivity contribution is 6.44. The highest BCUT2D eigenvalue weighted by Gasteiger charge is 2.16. The fourth-order valence-electron chi connectivity index (χ4n) is 1.97. The number of nitrogens with two attached hydrogens (primary N) is 1. The molecule has 2 aromatic rings. The number of amides is 2. The molecule has 0 aromatic heterocycles. The van der Waals surface area contributed by atoms with Crippen LogP contribution in [-0.4, -0.2) is 11.8 Å². The molecule has 0 aliphatic carbocycles. The average Bonchev–Trinajstić information content (AvgIpc) is 2.46. The van der Waals surface area contributed by atoms with Gasteiger partial charge in [-0.05, 0) is 43.2 Å². The maximum absolute atomic E-state index is 12.0. The first-order chi connectivity index (χ1) is 10.4. The van der Waals surface area contributed by atoms with Gasteiger partial charge < -0.3 is 16.4 Å². The van der Waals surface area contributed by atoms with Crippen LogP contribution in [-0.2, 0) is 9.59 Å². The Morgan fingerprint density at radius 2 is 1.59 bits per heavy atom. The van der Waals surface area contributed by atoms with Crippen molar-refractivity contribution in [3.63, 3.8) is 0 Å². The lowest BCUT2D eigenvalue weighted by Gasteiger charge is -2.11. The van der Waals surface area contributed by atoms with Gasteiger partial charge in [-0.1, -0.05) is 29.8 Å². The second-order valence-corrected chi connectivity index (χ2v) is 5.32. The molecule has 2 amide bonds. The molecule has 2 aromatic carbocycles. The number of nitrogens with one attached hydrogen (secondary N) is 2. The topological polar surface area (TPSA) is 84.2 Å². The Morgan fingerprint density at radius 1 is 1.00 bits per heavy atom. The lowest BCUT2D eigenvalue weighted by molar-refractivity contribution is -0.133. The van der Waals surface area contributed by atoms with E-state index in [0.717, 1.165) is 11.1 Å². The van der Waals surface area contributed by atoms with Crippen molar-refractivity contribution < 1.29 is 9.59 Å². The number of hydrogen-bond donors (Lipinski definition) is 3. The lowest BCUT2D eigenvalue weighted by Crippen LogP contribution is -2.29. The summed E-state index contributed by atoms with van der Waals surface area (Å²) in [6.07, 6.45) is 0. The first kappa shape index (κ1) is 15.9. The standard InChI is InChI=1S/C16H16ClN3O2/c1-9-4-3-5-10(2)14(9)20-16(22)15(21)19-11-6-7-13(18)12(17)8-11/h3-8H,18H2,1-2H3,(H,19,21)(H,20,22). The molecule has 0 saturated carbocycles. The Balaban J connectivity index is 2.09. The van der Waals surface area contributed by atoms with Gasteiger partial charge in [-0.3, -0.25) is 9.59 Å². The van der Waals surface area contributed by atoms with E-state index in [1.54, 1.807) is 12.1 Å². The van der Waals surface area contributed by atoms with Gasteiger partial charge >= 0.3 is 11.8 Å². The summed E-state index contributed by atoms with van der Waals surface area (Å²) in [5.74, 6) is -1.52. The molecule has 0 spiro atoms. The Hall–Kier alpha value is -2.53. The predicted octanol–water partition coefficient (Wildman–Crippen LogP) is 3.12. The first-order valence-corrected chi connectivity index (χ1v) is 7.00. The third-order valence-electron chi connectivity index (χ3n) is 3.18. The number of carbonyl (C=O) groups excluding carboxylic acids is 2. The Kier molecular flexibility index (Phi) is 4.68. The van der Waals surface area contributed by atoms with E-state index in [1.807, 2.05) is 32.0 Å². The van der Waals surface area contributed by atoms with Crippen molar-refractivity contribution in [2.24, 2.45) is 0 Å². The van der Waals surface area contributed by atoms with E-state index in [4.69, 9.17) is 17.3 Å². The van der Waals surface area contributed by atoms with Gasteiger partial charge in [-0.15, -0.1) is 0 Å². The van der Waals surface area contributed by atoms with Crippen molar-refractivity contribution in [1.82, 2.24) is 0 Å². The van der Waals surface area contributed by atoms with Crippen LogP contribution >= 0.6 is 11.6 Å². The minimum atomic E-state index is -0.775. The molecule has 0 fully saturated rings. The number of anilines is 3. The van der Waals surface area contributed by atoms with Gasteiger partial charge in [-0.25, -0.2) is 0 Å². The van der Waals surface area contributed by atoms with Crippen molar-refractivity contribution in [2.75, 3.05) is 16.4 Å². The predicted molar refractivity (Wildman–Crippen MR) is 89.0 cm³/mol. The van der Waals surface area contributed by atoms with Crippen molar-refractivity contribution in [3.8, 4) is 0 Å². The summed E-state index contributed by atoms with van der Waals surface area (Å²) < 4.78 is 0. The van der Waals surface area contributed by atoms with E-state index < -0.39 is 11.8 Å². The zero-order valence-electron chi connectivity index (χ0n) is 12.2. The summed E-state index contributed by atoms with van der Waals surface area (Å²) in [5.41, 5.74) is 8.81. The first-order valence-electron chi connectivity index (χ1n) is 6.62. The smallest absolute Gasteiger partial charge is 0.314 e. The summed E-state index contributed by atoms with van der Waals surface area (Å²) >= 11 is 5.87. The zero-order chi connectivity index (χ0) is 16.3. The third-order valence-corrected chi connectivity index (χ3v) is 3.51. The van der Waals surface area contributed by atoms with Gasteiger partial charge in [0.1, 0.15) is 0 Å². The number of carbonyl (C=O) groups is 2. The van der Waals surface area contributed by atoms with Crippen molar-refractivity contribution >= 4 is 40.5 Å². The van der Waals surface area contributed by atoms with Gasteiger partial charge in [0.25, 0.3) is 0 Å². The van der Waals surface area contributed by atoms with Crippen molar-refractivity contribution in [1.29, 1.82) is 0 Å². The Labute approximate surface area is 133 Å². The highest BCUT2D eigenvalue weighted by Crippen LogP contribution is 2.23. The maximum atomic E-state index is 12.0. The summed E-state index contributed by atoms with van der Waals surface area (Å²) in [4.78, 5) is 23.9. The molecular formula is C16H16ClN3O2. The third kappa shape index (κ3) is 3.56. The van der Waals surface area contributed by atoms with Crippen LogP contribution in [0.2, 0.25) is 5.02 Å². The normalized spacial score (nSPS) is 10.1. The molecule has 4 N–H and O–H groups in total. The largest absolute Gasteiger partial charge is 0.398 e. The zero-order valence-corrected chi connectivity index (χ0v) is 13.0. The SMILES string of the molecule is Cc1cccc(C)c1NC(=O)C(=O)Nc1ccc(N)c(Cl)c1. The van der Waals surface area contributed by atoms with Crippen molar-refractivity contribution in [3.05, 3.63) is 52.5 Å². The van der Waals surface area contributed by atoms with Crippen LogP contribution in [0.5, 0.6) is 0 Å². The molecule has 0 unspecified atom stereocenters. The number of hydrogen-bond acceptors (Lipinski definition) is 3. The van der Waals surface area contributed by atoms with Crippen LogP contribution in [0.4, 0.5) is 17.1 Å². The summed E-state index contributed by atoms with van der Waals surface area (Å²) in [5, 5.41) is 5.41. The number of benzene rings is 2. The van der Waals surface area contributed by atoms with Gasteiger partial charge in [0.05, 0.1) is 10.7 Å². The Morgan fingerprint density at radius 3 is 2.18 bits per heavy atom.